The second-order valence-electron chi connectivity index (χ2n) is 8.11. The molecule has 2 atom stereocenters. The number of fused-ring (bicyclic) bond motifs is 1. The summed E-state index contributed by atoms with van der Waals surface area (Å²) in [5.74, 6) is 3.31. The highest BCUT2D eigenvalue weighted by molar-refractivity contribution is 7.99. The van der Waals surface area contributed by atoms with Crippen LogP contribution in [0.2, 0.25) is 0 Å². The summed E-state index contributed by atoms with van der Waals surface area (Å²) in [4.78, 5) is 16.1. The lowest BCUT2D eigenvalue weighted by Gasteiger charge is -2.41. The molecule has 0 unspecified atom stereocenters. The van der Waals surface area contributed by atoms with Crippen LogP contribution in [-0.2, 0) is 4.79 Å². The molecule has 3 fully saturated rings. The summed E-state index contributed by atoms with van der Waals surface area (Å²) >= 11 is 3.27. The van der Waals surface area contributed by atoms with Gasteiger partial charge in [-0.05, 0) is 49.0 Å². The normalized spacial score (nSPS) is 25.4. The topological polar surface area (TPSA) is 51.0 Å². The minimum absolute atomic E-state index is 0.270. The van der Waals surface area contributed by atoms with E-state index in [0.29, 0.717) is 11.8 Å². The molecule has 1 amide bonds. The molecule has 5 rings (SSSR count). The summed E-state index contributed by atoms with van der Waals surface area (Å²) in [7, 11) is 0. The van der Waals surface area contributed by atoms with Crippen LogP contribution in [0.25, 0.3) is 10.7 Å². The summed E-state index contributed by atoms with van der Waals surface area (Å²) in [5.41, 5.74) is 0. The summed E-state index contributed by atoms with van der Waals surface area (Å²) < 4.78 is 2.26. The zero-order chi connectivity index (χ0) is 18.2. The van der Waals surface area contributed by atoms with Gasteiger partial charge in [0.2, 0.25) is 5.91 Å². The van der Waals surface area contributed by atoms with Crippen LogP contribution in [-0.4, -0.2) is 44.4 Å². The Morgan fingerprint density at radius 1 is 1.15 bits per heavy atom. The summed E-state index contributed by atoms with van der Waals surface area (Å²) in [6, 6.07) is 4.66. The number of aromatic nitrogens is 3. The highest BCUT2D eigenvalue weighted by atomic mass is 32.2. The molecule has 5 nitrogen and oxygen atoms in total. The van der Waals surface area contributed by atoms with Gasteiger partial charge in [0.15, 0.2) is 11.0 Å². The molecular formula is C20H26N4OS2. The number of hydrogen-bond donors (Lipinski definition) is 0. The SMILES string of the molecule is O=C(CSc1nnc(-c2cccs2)n1C1CC1)N1CC[C@H]2CCCC[C@@H]2C1. The number of thiophene rings is 1. The molecule has 1 saturated heterocycles. The lowest BCUT2D eigenvalue weighted by Crippen LogP contribution is -2.45. The minimum atomic E-state index is 0.270. The summed E-state index contributed by atoms with van der Waals surface area (Å²) in [5, 5.41) is 11.9. The molecule has 3 heterocycles. The Morgan fingerprint density at radius 2 is 2.00 bits per heavy atom. The standard InChI is InChI=1S/C20H26N4OS2/c25-18(23-10-9-14-4-1-2-5-15(14)12-23)13-27-20-22-21-19(17-6-3-11-26-17)24(20)16-7-8-16/h3,6,11,14-16H,1-2,4-5,7-10,12-13H2/t14-,15-/m1/s1. The maximum Gasteiger partial charge on any atom is 0.233 e. The fourth-order valence-electron chi connectivity index (χ4n) is 4.66. The summed E-state index contributed by atoms with van der Waals surface area (Å²) in [6.45, 7) is 1.91. The molecule has 2 aromatic rings. The molecule has 7 heteroatoms. The Bertz CT molecular complexity index is 799. The fraction of sp³-hybridized carbons (Fsp3) is 0.650. The Labute approximate surface area is 168 Å². The molecule has 0 aromatic carbocycles. The van der Waals surface area contributed by atoms with Gasteiger partial charge < -0.3 is 4.90 Å². The molecule has 27 heavy (non-hydrogen) atoms. The van der Waals surface area contributed by atoms with E-state index in [2.05, 4.69) is 37.2 Å². The highest BCUT2D eigenvalue weighted by Gasteiger charge is 2.34. The third-order valence-electron chi connectivity index (χ3n) is 6.29. The van der Waals surface area contributed by atoms with E-state index in [1.54, 1.807) is 23.1 Å². The van der Waals surface area contributed by atoms with Gasteiger partial charge in [0.25, 0.3) is 0 Å². The second-order valence-corrected chi connectivity index (χ2v) is 10.00. The lowest BCUT2D eigenvalue weighted by molar-refractivity contribution is -0.131. The van der Waals surface area contributed by atoms with Crippen molar-refractivity contribution in [3.63, 3.8) is 0 Å². The van der Waals surface area contributed by atoms with Crippen molar-refractivity contribution in [1.29, 1.82) is 0 Å². The molecule has 144 valence electrons. The zero-order valence-electron chi connectivity index (χ0n) is 15.5. The molecule has 0 spiro atoms. The van der Waals surface area contributed by atoms with Gasteiger partial charge in [-0.3, -0.25) is 9.36 Å². The van der Waals surface area contributed by atoms with Crippen LogP contribution in [0, 0.1) is 11.8 Å². The van der Waals surface area contributed by atoms with E-state index in [4.69, 9.17) is 0 Å². The zero-order valence-corrected chi connectivity index (χ0v) is 17.2. The van der Waals surface area contributed by atoms with Gasteiger partial charge in [0.1, 0.15) is 0 Å². The van der Waals surface area contributed by atoms with Gasteiger partial charge >= 0.3 is 0 Å². The third kappa shape index (κ3) is 3.68. The van der Waals surface area contributed by atoms with Gasteiger partial charge in [0, 0.05) is 19.1 Å². The average molecular weight is 403 g/mol. The van der Waals surface area contributed by atoms with Crippen molar-refractivity contribution < 1.29 is 4.79 Å². The number of hydrogen-bond acceptors (Lipinski definition) is 5. The molecule has 0 bridgehead atoms. The average Bonchev–Trinajstić information content (AvgIpc) is 3.23. The maximum absolute atomic E-state index is 12.8. The number of amides is 1. The van der Waals surface area contributed by atoms with Crippen molar-refractivity contribution in [2.45, 2.75) is 56.1 Å². The van der Waals surface area contributed by atoms with E-state index in [1.807, 2.05) is 0 Å². The molecule has 2 aromatic heterocycles. The van der Waals surface area contributed by atoms with Crippen LogP contribution in [0.5, 0.6) is 0 Å². The quantitative estimate of drug-likeness (QED) is 0.692. The smallest absolute Gasteiger partial charge is 0.233 e. The molecule has 2 aliphatic carbocycles. The molecule has 1 aliphatic heterocycles. The van der Waals surface area contributed by atoms with Crippen molar-refractivity contribution in [2.24, 2.45) is 11.8 Å². The molecule has 0 radical (unpaired) electrons. The van der Waals surface area contributed by atoms with Crippen LogP contribution in [0.15, 0.2) is 22.7 Å². The Kier molecular flexibility index (Phi) is 4.98. The number of likely N-dealkylation sites (tertiary alicyclic amines) is 1. The highest BCUT2D eigenvalue weighted by Crippen LogP contribution is 2.42. The van der Waals surface area contributed by atoms with Gasteiger partial charge in [-0.1, -0.05) is 37.1 Å². The largest absolute Gasteiger partial charge is 0.342 e. The third-order valence-corrected chi connectivity index (χ3v) is 8.08. The summed E-state index contributed by atoms with van der Waals surface area (Å²) in [6.07, 6.45) is 8.98. The van der Waals surface area contributed by atoms with Crippen LogP contribution in [0.1, 0.15) is 51.0 Å². The monoisotopic (exact) mass is 402 g/mol. The van der Waals surface area contributed by atoms with E-state index in [-0.39, 0.29) is 5.91 Å². The van der Waals surface area contributed by atoms with Crippen LogP contribution >= 0.6 is 23.1 Å². The van der Waals surface area contributed by atoms with Crippen molar-refractivity contribution in [1.82, 2.24) is 19.7 Å². The van der Waals surface area contributed by atoms with Gasteiger partial charge in [-0.15, -0.1) is 21.5 Å². The minimum Gasteiger partial charge on any atom is -0.342 e. The van der Waals surface area contributed by atoms with Crippen molar-refractivity contribution >= 4 is 29.0 Å². The van der Waals surface area contributed by atoms with E-state index in [0.717, 1.165) is 40.8 Å². The predicted octanol–water partition coefficient (Wildman–Crippen LogP) is 4.47. The van der Waals surface area contributed by atoms with E-state index in [9.17, 15) is 4.79 Å². The van der Waals surface area contributed by atoms with Crippen molar-refractivity contribution in [3.05, 3.63) is 17.5 Å². The number of thioether (sulfide) groups is 1. The van der Waals surface area contributed by atoms with E-state index >= 15 is 0 Å². The first-order valence-corrected chi connectivity index (χ1v) is 12.1. The Morgan fingerprint density at radius 3 is 2.78 bits per heavy atom. The molecule has 0 N–H and O–H groups in total. The first-order valence-electron chi connectivity index (χ1n) is 10.2. The first-order chi connectivity index (χ1) is 13.3. The Hall–Kier alpha value is -1.34. The molecule has 3 aliphatic rings. The second kappa shape index (κ2) is 7.59. The lowest BCUT2D eigenvalue weighted by atomic mass is 9.75. The predicted molar refractivity (Wildman–Crippen MR) is 109 cm³/mol. The van der Waals surface area contributed by atoms with Crippen LogP contribution < -0.4 is 0 Å². The number of nitrogens with zero attached hydrogens (tertiary/aromatic N) is 4. The van der Waals surface area contributed by atoms with Crippen molar-refractivity contribution in [2.75, 3.05) is 18.8 Å². The Balaban J connectivity index is 1.24. The van der Waals surface area contributed by atoms with Gasteiger partial charge in [0.05, 0.1) is 10.6 Å². The number of rotatable bonds is 5. The van der Waals surface area contributed by atoms with E-state index in [1.165, 1.54) is 44.9 Å². The molecular weight excluding hydrogens is 376 g/mol. The number of carbonyl (C=O) groups excluding carboxylic acids is 1. The maximum atomic E-state index is 12.8. The van der Waals surface area contributed by atoms with Crippen molar-refractivity contribution in [3.8, 4) is 10.7 Å². The van der Waals surface area contributed by atoms with Crippen LogP contribution in [0.4, 0.5) is 0 Å². The molecule has 2 saturated carbocycles. The number of piperidine rings is 1. The van der Waals surface area contributed by atoms with Crippen LogP contribution in [0.3, 0.4) is 0 Å². The van der Waals surface area contributed by atoms with Gasteiger partial charge in [-0.25, -0.2) is 0 Å². The van der Waals surface area contributed by atoms with E-state index < -0.39 is 0 Å². The fourth-order valence-corrected chi connectivity index (χ4v) is 6.27. The van der Waals surface area contributed by atoms with Gasteiger partial charge in [-0.2, -0.15) is 0 Å². The first kappa shape index (κ1) is 17.7. The number of carbonyl (C=O) groups is 1.